The molecule has 0 aliphatic rings. The second-order valence-corrected chi connectivity index (χ2v) is 4.25. The number of hydrogen-bond acceptors (Lipinski definition) is 1. The van der Waals surface area contributed by atoms with Crippen LogP contribution in [0, 0.1) is 5.92 Å². The quantitative estimate of drug-likeness (QED) is 0.777. The van der Waals surface area contributed by atoms with Gasteiger partial charge in [-0.3, -0.25) is 0 Å². The van der Waals surface area contributed by atoms with E-state index in [9.17, 15) is 0 Å². The van der Waals surface area contributed by atoms with Crippen LogP contribution >= 0.6 is 0 Å². The molecule has 14 heavy (non-hydrogen) atoms. The molecule has 0 saturated carbocycles. The van der Waals surface area contributed by atoms with E-state index < -0.39 is 0 Å². The van der Waals surface area contributed by atoms with E-state index in [2.05, 4.69) is 51.1 Å². The SMILES string of the molecule is CCC(N)C(c1ccccc1)C(C)C. The Bertz CT molecular complexity index is 253. The molecular weight excluding hydrogens is 170 g/mol. The lowest BCUT2D eigenvalue weighted by Gasteiger charge is -2.27. The zero-order valence-corrected chi connectivity index (χ0v) is 9.40. The van der Waals surface area contributed by atoms with Crippen LogP contribution in [-0.2, 0) is 0 Å². The van der Waals surface area contributed by atoms with Crippen LogP contribution in [0.5, 0.6) is 0 Å². The second-order valence-electron chi connectivity index (χ2n) is 4.25. The van der Waals surface area contributed by atoms with Gasteiger partial charge in [-0.1, -0.05) is 51.1 Å². The van der Waals surface area contributed by atoms with E-state index in [0.29, 0.717) is 11.8 Å². The highest BCUT2D eigenvalue weighted by Crippen LogP contribution is 2.27. The Labute approximate surface area is 87.3 Å². The van der Waals surface area contributed by atoms with Gasteiger partial charge in [0.15, 0.2) is 0 Å². The van der Waals surface area contributed by atoms with Crippen LogP contribution in [0.1, 0.15) is 38.7 Å². The molecule has 1 aromatic carbocycles. The molecule has 78 valence electrons. The number of hydrogen-bond donors (Lipinski definition) is 1. The fraction of sp³-hybridized carbons (Fsp3) is 0.538. The van der Waals surface area contributed by atoms with Gasteiger partial charge in [-0.05, 0) is 17.9 Å². The average molecular weight is 191 g/mol. The molecule has 0 fully saturated rings. The Hall–Kier alpha value is -0.820. The Kier molecular flexibility index (Phi) is 4.15. The van der Waals surface area contributed by atoms with Crippen LogP contribution in [0.4, 0.5) is 0 Å². The smallest absolute Gasteiger partial charge is 0.0108 e. The molecule has 1 aromatic rings. The number of nitrogens with two attached hydrogens (primary N) is 1. The largest absolute Gasteiger partial charge is 0.327 e. The summed E-state index contributed by atoms with van der Waals surface area (Å²) in [5.74, 6) is 1.09. The van der Waals surface area contributed by atoms with Gasteiger partial charge < -0.3 is 5.73 Å². The highest BCUT2D eigenvalue weighted by molar-refractivity contribution is 5.21. The lowest BCUT2D eigenvalue weighted by molar-refractivity contribution is 0.409. The van der Waals surface area contributed by atoms with Crippen molar-refractivity contribution >= 4 is 0 Å². The van der Waals surface area contributed by atoms with E-state index in [0.717, 1.165) is 6.42 Å². The molecule has 0 aromatic heterocycles. The first-order valence-electron chi connectivity index (χ1n) is 5.47. The molecule has 0 radical (unpaired) electrons. The van der Waals surface area contributed by atoms with Crippen LogP contribution in [-0.4, -0.2) is 6.04 Å². The topological polar surface area (TPSA) is 26.0 Å². The molecule has 0 heterocycles. The van der Waals surface area contributed by atoms with Crippen molar-refractivity contribution < 1.29 is 0 Å². The normalized spacial score (nSPS) is 15.5. The minimum atomic E-state index is 0.275. The van der Waals surface area contributed by atoms with E-state index in [1.54, 1.807) is 0 Å². The molecule has 1 heteroatoms. The summed E-state index contributed by atoms with van der Waals surface area (Å²) in [7, 11) is 0. The lowest BCUT2D eigenvalue weighted by atomic mass is 9.82. The Morgan fingerprint density at radius 3 is 2.14 bits per heavy atom. The Morgan fingerprint density at radius 2 is 1.71 bits per heavy atom. The van der Waals surface area contributed by atoms with Gasteiger partial charge in [0.2, 0.25) is 0 Å². The maximum atomic E-state index is 6.15. The van der Waals surface area contributed by atoms with Crippen molar-refractivity contribution in [2.45, 2.75) is 39.2 Å². The molecule has 0 aliphatic heterocycles. The summed E-state index contributed by atoms with van der Waals surface area (Å²) < 4.78 is 0. The van der Waals surface area contributed by atoms with Gasteiger partial charge in [0.1, 0.15) is 0 Å². The third kappa shape index (κ3) is 2.58. The van der Waals surface area contributed by atoms with Gasteiger partial charge in [-0.25, -0.2) is 0 Å². The summed E-state index contributed by atoms with van der Waals surface area (Å²) in [6, 6.07) is 10.9. The summed E-state index contributed by atoms with van der Waals surface area (Å²) in [6.07, 6.45) is 1.04. The Balaban J connectivity index is 2.89. The molecule has 0 amide bonds. The third-order valence-corrected chi connectivity index (χ3v) is 2.84. The van der Waals surface area contributed by atoms with Gasteiger partial charge in [0.05, 0.1) is 0 Å². The summed E-state index contributed by atoms with van der Waals surface area (Å²) in [4.78, 5) is 0. The van der Waals surface area contributed by atoms with Crippen molar-refractivity contribution in [3.8, 4) is 0 Å². The maximum Gasteiger partial charge on any atom is 0.0108 e. The first kappa shape index (κ1) is 11.3. The van der Waals surface area contributed by atoms with Crippen LogP contribution in [0.3, 0.4) is 0 Å². The van der Waals surface area contributed by atoms with Gasteiger partial charge in [-0.15, -0.1) is 0 Å². The van der Waals surface area contributed by atoms with E-state index in [1.807, 2.05) is 0 Å². The third-order valence-electron chi connectivity index (χ3n) is 2.84. The predicted molar refractivity (Wildman–Crippen MR) is 62.3 cm³/mol. The standard InChI is InChI=1S/C13H21N/c1-4-12(14)13(10(2)3)11-8-6-5-7-9-11/h5-10,12-13H,4,14H2,1-3H3. The van der Waals surface area contributed by atoms with Crippen molar-refractivity contribution in [3.63, 3.8) is 0 Å². The van der Waals surface area contributed by atoms with Crippen molar-refractivity contribution in [3.05, 3.63) is 35.9 Å². The fourth-order valence-electron chi connectivity index (χ4n) is 2.06. The number of rotatable bonds is 4. The number of benzene rings is 1. The van der Waals surface area contributed by atoms with E-state index in [-0.39, 0.29) is 6.04 Å². The van der Waals surface area contributed by atoms with Crippen LogP contribution < -0.4 is 5.73 Å². The monoisotopic (exact) mass is 191 g/mol. The van der Waals surface area contributed by atoms with Crippen LogP contribution in [0.2, 0.25) is 0 Å². The summed E-state index contributed by atoms with van der Waals surface area (Å²) in [5, 5.41) is 0. The van der Waals surface area contributed by atoms with Crippen LogP contribution in [0.25, 0.3) is 0 Å². The van der Waals surface area contributed by atoms with Gasteiger partial charge in [-0.2, -0.15) is 0 Å². The molecule has 0 spiro atoms. The Morgan fingerprint density at radius 1 is 1.14 bits per heavy atom. The van der Waals surface area contributed by atoms with Crippen LogP contribution in [0.15, 0.2) is 30.3 Å². The fourth-order valence-corrected chi connectivity index (χ4v) is 2.06. The van der Waals surface area contributed by atoms with Crippen molar-refractivity contribution in [2.75, 3.05) is 0 Å². The molecule has 1 rings (SSSR count). The van der Waals surface area contributed by atoms with Crippen molar-refractivity contribution in [1.29, 1.82) is 0 Å². The molecule has 0 saturated heterocycles. The average Bonchev–Trinajstić information content (AvgIpc) is 2.19. The highest BCUT2D eigenvalue weighted by atomic mass is 14.6. The van der Waals surface area contributed by atoms with E-state index >= 15 is 0 Å². The van der Waals surface area contributed by atoms with Gasteiger partial charge in [0, 0.05) is 12.0 Å². The highest BCUT2D eigenvalue weighted by Gasteiger charge is 2.21. The van der Waals surface area contributed by atoms with Crippen molar-refractivity contribution in [2.24, 2.45) is 11.7 Å². The van der Waals surface area contributed by atoms with E-state index in [4.69, 9.17) is 5.73 Å². The van der Waals surface area contributed by atoms with Crippen molar-refractivity contribution in [1.82, 2.24) is 0 Å². The van der Waals surface area contributed by atoms with E-state index in [1.165, 1.54) is 5.56 Å². The second kappa shape index (κ2) is 5.16. The lowest BCUT2D eigenvalue weighted by Crippen LogP contribution is -2.30. The summed E-state index contributed by atoms with van der Waals surface area (Å²) in [5.41, 5.74) is 7.52. The molecule has 2 unspecified atom stereocenters. The first-order valence-corrected chi connectivity index (χ1v) is 5.47. The zero-order chi connectivity index (χ0) is 10.6. The summed E-state index contributed by atoms with van der Waals surface area (Å²) in [6.45, 7) is 6.64. The molecule has 2 atom stereocenters. The predicted octanol–water partition coefficient (Wildman–Crippen LogP) is 3.16. The molecular formula is C13H21N. The van der Waals surface area contributed by atoms with Gasteiger partial charge >= 0.3 is 0 Å². The molecule has 0 bridgehead atoms. The minimum absolute atomic E-state index is 0.275. The molecule has 0 aliphatic carbocycles. The van der Waals surface area contributed by atoms with Gasteiger partial charge in [0.25, 0.3) is 0 Å². The molecule has 2 N–H and O–H groups in total. The molecule has 1 nitrogen and oxygen atoms in total. The maximum absolute atomic E-state index is 6.15. The zero-order valence-electron chi connectivity index (χ0n) is 9.40. The first-order chi connectivity index (χ1) is 6.66. The summed E-state index contributed by atoms with van der Waals surface area (Å²) >= 11 is 0. The minimum Gasteiger partial charge on any atom is -0.327 e.